The summed E-state index contributed by atoms with van der Waals surface area (Å²) in [5.41, 5.74) is 1.19. The summed E-state index contributed by atoms with van der Waals surface area (Å²) >= 11 is 0. The largest absolute Gasteiger partial charge is 0.493 e. The molecule has 0 atom stereocenters. The van der Waals surface area contributed by atoms with Crippen LogP contribution in [0.5, 0.6) is 11.5 Å². The average Bonchev–Trinajstić information content (AvgIpc) is 2.46. The van der Waals surface area contributed by atoms with E-state index in [9.17, 15) is 0 Å². The highest BCUT2D eigenvalue weighted by Crippen LogP contribution is 2.27. The molecule has 1 N–H and O–H groups in total. The van der Waals surface area contributed by atoms with Crippen molar-refractivity contribution in [3.63, 3.8) is 0 Å². The first-order valence-corrected chi connectivity index (χ1v) is 6.81. The lowest BCUT2D eigenvalue weighted by Gasteiger charge is -2.10. The third-order valence-electron chi connectivity index (χ3n) is 2.83. The minimum absolute atomic E-state index is 0.725. The Balaban J connectivity index is 2.26. The van der Waals surface area contributed by atoms with Gasteiger partial charge >= 0.3 is 0 Å². The van der Waals surface area contributed by atoms with Gasteiger partial charge in [0.15, 0.2) is 11.5 Å². The van der Waals surface area contributed by atoms with E-state index < -0.39 is 0 Å². The summed E-state index contributed by atoms with van der Waals surface area (Å²) < 4.78 is 16.1. The first-order valence-electron chi connectivity index (χ1n) is 6.81. The topological polar surface area (TPSA) is 39.7 Å². The third kappa shape index (κ3) is 5.94. The summed E-state index contributed by atoms with van der Waals surface area (Å²) in [7, 11) is 3.29. The first-order chi connectivity index (χ1) is 9.31. The van der Waals surface area contributed by atoms with Gasteiger partial charge in [-0.15, -0.1) is 0 Å². The molecule has 0 radical (unpaired) electrons. The monoisotopic (exact) mass is 267 g/mol. The molecule has 0 aliphatic rings. The molecule has 1 aromatic rings. The van der Waals surface area contributed by atoms with Crippen LogP contribution < -0.4 is 14.8 Å². The molecule has 0 aromatic heterocycles. The summed E-state index contributed by atoms with van der Waals surface area (Å²) in [4.78, 5) is 0. The Labute approximate surface area is 116 Å². The molecule has 108 valence electrons. The van der Waals surface area contributed by atoms with E-state index in [2.05, 4.69) is 12.2 Å². The van der Waals surface area contributed by atoms with Crippen molar-refractivity contribution in [1.82, 2.24) is 5.32 Å². The predicted octanol–water partition coefficient (Wildman–Crippen LogP) is 2.26. The number of methoxy groups -OCH3 is 2. The zero-order valence-electron chi connectivity index (χ0n) is 12.2. The molecule has 0 amide bonds. The van der Waals surface area contributed by atoms with E-state index in [0.29, 0.717) is 0 Å². The smallest absolute Gasteiger partial charge is 0.160 e. The third-order valence-corrected chi connectivity index (χ3v) is 2.83. The first kappa shape index (κ1) is 15.8. The lowest BCUT2D eigenvalue weighted by atomic mass is 10.1. The van der Waals surface area contributed by atoms with E-state index in [4.69, 9.17) is 14.2 Å². The van der Waals surface area contributed by atoms with Crippen molar-refractivity contribution in [2.45, 2.75) is 19.8 Å². The van der Waals surface area contributed by atoms with E-state index in [1.807, 2.05) is 18.2 Å². The van der Waals surface area contributed by atoms with Gasteiger partial charge in [0.25, 0.3) is 0 Å². The summed E-state index contributed by atoms with van der Waals surface area (Å²) in [6, 6.07) is 5.97. The molecule has 0 saturated carbocycles. The second-order valence-corrected chi connectivity index (χ2v) is 4.30. The van der Waals surface area contributed by atoms with E-state index in [1.165, 1.54) is 5.56 Å². The van der Waals surface area contributed by atoms with Crippen LogP contribution in [0.15, 0.2) is 18.2 Å². The van der Waals surface area contributed by atoms with Crippen molar-refractivity contribution in [1.29, 1.82) is 0 Å². The van der Waals surface area contributed by atoms with Crippen LogP contribution in [0.25, 0.3) is 0 Å². The summed E-state index contributed by atoms with van der Waals surface area (Å²) in [6.07, 6.45) is 2.04. The Bertz CT molecular complexity index is 355. The number of nitrogens with one attached hydrogen (secondary N) is 1. The van der Waals surface area contributed by atoms with Crippen molar-refractivity contribution >= 4 is 0 Å². The van der Waals surface area contributed by atoms with Crippen molar-refractivity contribution in [3.8, 4) is 11.5 Å². The van der Waals surface area contributed by atoms with Crippen molar-refractivity contribution in [2.75, 3.05) is 40.5 Å². The molecule has 0 spiro atoms. The van der Waals surface area contributed by atoms with Crippen LogP contribution >= 0.6 is 0 Å². The summed E-state index contributed by atoms with van der Waals surface area (Å²) in [5.74, 6) is 1.53. The molecule has 4 heteroatoms. The SMILES string of the molecule is CCCNCCOCCc1ccc(OC)c(OC)c1. The van der Waals surface area contributed by atoms with Crippen LogP contribution in [0.1, 0.15) is 18.9 Å². The second kappa shape index (κ2) is 9.64. The summed E-state index contributed by atoms with van der Waals surface area (Å²) in [5, 5.41) is 3.31. The number of hydrogen-bond acceptors (Lipinski definition) is 4. The molecule has 0 unspecified atom stereocenters. The fraction of sp³-hybridized carbons (Fsp3) is 0.600. The highest BCUT2D eigenvalue weighted by molar-refractivity contribution is 5.42. The van der Waals surface area contributed by atoms with Gasteiger partial charge in [-0.25, -0.2) is 0 Å². The van der Waals surface area contributed by atoms with Gasteiger partial charge in [0, 0.05) is 6.54 Å². The molecule has 19 heavy (non-hydrogen) atoms. The number of benzene rings is 1. The molecular formula is C15H25NO3. The Morgan fingerprint density at radius 3 is 2.47 bits per heavy atom. The summed E-state index contributed by atoms with van der Waals surface area (Å²) in [6.45, 7) is 5.61. The van der Waals surface area contributed by atoms with Crippen LogP contribution in [0.3, 0.4) is 0 Å². The van der Waals surface area contributed by atoms with E-state index in [1.54, 1.807) is 14.2 Å². The molecule has 0 bridgehead atoms. The van der Waals surface area contributed by atoms with Gasteiger partial charge in [0.05, 0.1) is 27.4 Å². The maximum Gasteiger partial charge on any atom is 0.160 e. The normalized spacial score (nSPS) is 10.5. The number of hydrogen-bond donors (Lipinski definition) is 1. The molecule has 0 aliphatic carbocycles. The van der Waals surface area contributed by atoms with E-state index >= 15 is 0 Å². The van der Waals surface area contributed by atoms with Crippen molar-refractivity contribution in [2.24, 2.45) is 0 Å². The maximum absolute atomic E-state index is 5.58. The van der Waals surface area contributed by atoms with Gasteiger partial charge in [-0.1, -0.05) is 13.0 Å². The van der Waals surface area contributed by atoms with E-state index in [0.717, 1.165) is 50.6 Å². The van der Waals surface area contributed by atoms with Gasteiger partial charge in [-0.05, 0) is 37.1 Å². The Morgan fingerprint density at radius 1 is 1.00 bits per heavy atom. The number of rotatable bonds is 10. The van der Waals surface area contributed by atoms with Gasteiger partial charge < -0.3 is 19.5 Å². The van der Waals surface area contributed by atoms with Crippen LogP contribution in [-0.2, 0) is 11.2 Å². The predicted molar refractivity (Wildman–Crippen MR) is 77.2 cm³/mol. The zero-order chi connectivity index (χ0) is 13.9. The van der Waals surface area contributed by atoms with Gasteiger partial charge in [-0.3, -0.25) is 0 Å². The Kier molecular flexibility index (Phi) is 8.02. The fourth-order valence-corrected chi connectivity index (χ4v) is 1.77. The maximum atomic E-state index is 5.58. The van der Waals surface area contributed by atoms with Gasteiger partial charge in [0.1, 0.15) is 0 Å². The van der Waals surface area contributed by atoms with Gasteiger partial charge in [-0.2, -0.15) is 0 Å². The molecule has 1 rings (SSSR count). The van der Waals surface area contributed by atoms with Crippen molar-refractivity contribution in [3.05, 3.63) is 23.8 Å². The van der Waals surface area contributed by atoms with Crippen LogP contribution in [0, 0.1) is 0 Å². The quantitative estimate of drug-likeness (QED) is 0.660. The van der Waals surface area contributed by atoms with Crippen LogP contribution in [0.2, 0.25) is 0 Å². The van der Waals surface area contributed by atoms with E-state index in [-0.39, 0.29) is 0 Å². The average molecular weight is 267 g/mol. The molecule has 0 saturated heterocycles. The standard InChI is InChI=1S/C15H25NO3/c1-4-8-16-9-11-19-10-7-13-5-6-14(17-2)15(12-13)18-3/h5-6,12,16H,4,7-11H2,1-3H3. The zero-order valence-corrected chi connectivity index (χ0v) is 12.2. The second-order valence-electron chi connectivity index (χ2n) is 4.30. The number of ether oxygens (including phenoxy) is 3. The van der Waals surface area contributed by atoms with Gasteiger partial charge in [0.2, 0.25) is 0 Å². The van der Waals surface area contributed by atoms with Crippen LogP contribution in [0.4, 0.5) is 0 Å². The van der Waals surface area contributed by atoms with Crippen LogP contribution in [-0.4, -0.2) is 40.5 Å². The lowest BCUT2D eigenvalue weighted by molar-refractivity contribution is 0.139. The minimum atomic E-state index is 0.725. The minimum Gasteiger partial charge on any atom is -0.493 e. The molecule has 0 heterocycles. The van der Waals surface area contributed by atoms with Crippen molar-refractivity contribution < 1.29 is 14.2 Å². The highest BCUT2D eigenvalue weighted by atomic mass is 16.5. The molecule has 4 nitrogen and oxygen atoms in total. The molecular weight excluding hydrogens is 242 g/mol. The highest BCUT2D eigenvalue weighted by Gasteiger charge is 2.04. The molecule has 0 fully saturated rings. The lowest BCUT2D eigenvalue weighted by Crippen LogP contribution is -2.20. The molecule has 1 aromatic carbocycles. The molecule has 0 aliphatic heterocycles. The fourth-order valence-electron chi connectivity index (χ4n) is 1.77. The Hall–Kier alpha value is -1.26. The Morgan fingerprint density at radius 2 is 1.79 bits per heavy atom.